The van der Waals surface area contributed by atoms with Crippen LogP contribution in [-0.2, 0) is 22.3 Å². The van der Waals surface area contributed by atoms with E-state index in [0.29, 0.717) is 26.2 Å². The average molecular weight is 378 g/mol. The third-order valence-corrected chi connectivity index (χ3v) is 5.41. The van der Waals surface area contributed by atoms with Crippen LogP contribution in [0, 0.1) is 0 Å². The normalized spacial score (nSPS) is 12.1. The molecule has 0 amide bonds. The fourth-order valence-electron chi connectivity index (χ4n) is 1.89. The summed E-state index contributed by atoms with van der Waals surface area (Å²) in [5.74, 6) is -0.663. The molecule has 2 rings (SSSR count). The number of carboxylic acid groups (broad SMARTS) is 1. The summed E-state index contributed by atoms with van der Waals surface area (Å²) in [7, 11) is -1.29. The zero-order valence-electron chi connectivity index (χ0n) is 11.2. The van der Waals surface area contributed by atoms with Gasteiger partial charge in [0.15, 0.2) is 0 Å². The van der Waals surface area contributed by atoms with Crippen LogP contribution in [0.25, 0.3) is 0 Å². The largest absolute Gasteiger partial charge is 0.478 e. The Hall–Kier alpha value is -1.07. The monoisotopic (exact) mass is 376 g/mol. The van der Waals surface area contributed by atoms with Gasteiger partial charge < -0.3 is 5.11 Å². The molecule has 1 atom stereocenters. The van der Waals surface area contributed by atoms with Crippen LogP contribution in [0.2, 0.25) is 15.1 Å². The van der Waals surface area contributed by atoms with Crippen molar-refractivity contribution >= 4 is 51.6 Å². The lowest BCUT2D eigenvalue weighted by Gasteiger charge is -2.09. The predicted molar refractivity (Wildman–Crippen MR) is 90.4 cm³/mol. The number of rotatable bonds is 5. The molecular formula is C15H11Cl3O3S. The molecule has 0 bridgehead atoms. The van der Waals surface area contributed by atoms with Crippen LogP contribution in [-0.4, -0.2) is 15.3 Å². The second-order valence-corrected chi connectivity index (χ2v) is 7.21. The first-order valence-electron chi connectivity index (χ1n) is 6.18. The van der Waals surface area contributed by atoms with E-state index in [1.54, 1.807) is 24.3 Å². The number of benzene rings is 2. The minimum atomic E-state index is -1.29. The van der Waals surface area contributed by atoms with Gasteiger partial charge in [-0.05, 0) is 29.8 Å². The van der Waals surface area contributed by atoms with Crippen molar-refractivity contribution < 1.29 is 14.1 Å². The minimum Gasteiger partial charge on any atom is -0.478 e. The van der Waals surface area contributed by atoms with Crippen molar-refractivity contribution in [2.24, 2.45) is 0 Å². The van der Waals surface area contributed by atoms with Crippen molar-refractivity contribution in [1.29, 1.82) is 0 Å². The molecule has 0 radical (unpaired) electrons. The Morgan fingerprint density at radius 1 is 1.05 bits per heavy atom. The summed E-state index contributed by atoms with van der Waals surface area (Å²) in [4.78, 5) is 10.9. The highest BCUT2D eigenvalue weighted by Gasteiger charge is 2.14. The number of carbonyl (C=O) groups is 1. The van der Waals surface area contributed by atoms with Gasteiger partial charge in [-0.3, -0.25) is 4.21 Å². The lowest BCUT2D eigenvalue weighted by molar-refractivity contribution is 0.0696. The average Bonchev–Trinajstić information content (AvgIpc) is 2.48. The van der Waals surface area contributed by atoms with Crippen molar-refractivity contribution in [3.63, 3.8) is 0 Å². The molecule has 0 fully saturated rings. The quantitative estimate of drug-likeness (QED) is 0.762. The third kappa shape index (κ3) is 4.23. The van der Waals surface area contributed by atoms with Crippen LogP contribution < -0.4 is 0 Å². The number of hydrogen-bond acceptors (Lipinski definition) is 2. The van der Waals surface area contributed by atoms with Crippen LogP contribution >= 0.6 is 34.8 Å². The van der Waals surface area contributed by atoms with Crippen molar-refractivity contribution in [2.45, 2.75) is 11.5 Å². The van der Waals surface area contributed by atoms with Crippen LogP contribution in [0.5, 0.6) is 0 Å². The van der Waals surface area contributed by atoms with E-state index in [1.165, 1.54) is 12.1 Å². The first-order valence-corrected chi connectivity index (χ1v) is 8.80. The van der Waals surface area contributed by atoms with Gasteiger partial charge in [-0.1, -0.05) is 46.9 Å². The van der Waals surface area contributed by atoms with Gasteiger partial charge in [-0.25, -0.2) is 4.79 Å². The molecule has 0 spiro atoms. The first-order chi connectivity index (χ1) is 10.4. The molecule has 0 aromatic heterocycles. The van der Waals surface area contributed by atoms with E-state index in [9.17, 15) is 9.00 Å². The van der Waals surface area contributed by atoms with Gasteiger partial charge in [-0.15, -0.1) is 0 Å². The SMILES string of the molecule is O=C(O)c1cccc(CS(=O)Cc2c(Cl)ccc(Cl)c2Cl)c1. The Bertz CT molecular complexity index is 747. The summed E-state index contributed by atoms with van der Waals surface area (Å²) in [6, 6.07) is 9.52. The molecule has 1 unspecified atom stereocenters. The van der Waals surface area contributed by atoms with E-state index < -0.39 is 16.8 Å². The zero-order valence-corrected chi connectivity index (χ0v) is 14.3. The Labute approximate surface area is 145 Å². The van der Waals surface area contributed by atoms with Gasteiger partial charge in [-0.2, -0.15) is 0 Å². The second-order valence-electron chi connectivity index (χ2n) is 4.56. The fourth-order valence-corrected chi connectivity index (χ4v) is 4.01. The van der Waals surface area contributed by atoms with E-state index in [-0.39, 0.29) is 17.1 Å². The van der Waals surface area contributed by atoms with Gasteiger partial charge in [0.2, 0.25) is 0 Å². The van der Waals surface area contributed by atoms with Crippen LogP contribution in [0.4, 0.5) is 0 Å². The highest BCUT2D eigenvalue weighted by molar-refractivity contribution is 7.83. The molecule has 2 aromatic carbocycles. The molecule has 116 valence electrons. The van der Waals surface area contributed by atoms with Crippen molar-refractivity contribution in [2.75, 3.05) is 0 Å². The number of aromatic carboxylic acids is 1. The summed E-state index contributed by atoms with van der Waals surface area (Å²) in [5.41, 5.74) is 1.37. The van der Waals surface area contributed by atoms with Gasteiger partial charge in [0.05, 0.1) is 21.4 Å². The van der Waals surface area contributed by atoms with Crippen molar-refractivity contribution in [1.82, 2.24) is 0 Å². The van der Waals surface area contributed by atoms with E-state index in [4.69, 9.17) is 39.9 Å². The summed E-state index contributed by atoms with van der Waals surface area (Å²) < 4.78 is 12.3. The highest BCUT2D eigenvalue weighted by atomic mass is 35.5. The van der Waals surface area contributed by atoms with E-state index >= 15 is 0 Å². The maximum atomic E-state index is 12.3. The smallest absolute Gasteiger partial charge is 0.335 e. The van der Waals surface area contributed by atoms with Gasteiger partial charge in [0.25, 0.3) is 0 Å². The molecule has 1 N–H and O–H groups in total. The topological polar surface area (TPSA) is 54.4 Å². The standard InChI is InChI=1S/C15H11Cl3O3S/c16-12-4-5-13(17)14(18)11(12)8-22(21)7-9-2-1-3-10(6-9)15(19)20/h1-6H,7-8H2,(H,19,20). The summed E-state index contributed by atoms with van der Waals surface area (Å²) in [6.45, 7) is 0. The molecule has 0 saturated heterocycles. The van der Waals surface area contributed by atoms with E-state index in [0.717, 1.165) is 0 Å². The molecular weight excluding hydrogens is 367 g/mol. The van der Waals surface area contributed by atoms with Gasteiger partial charge in [0, 0.05) is 27.1 Å². The third-order valence-electron chi connectivity index (χ3n) is 2.95. The molecule has 22 heavy (non-hydrogen) atoms. The Balaban J connectivity index is 2.16. The summed E-state index contributed by atoms with van der Waals surface area (Å²) >= 11 is 18.1. The van der Waals surface area contributed by atoms with Crippen LogP contribution in [0.15, 0.2) is 36.4 Å². The Morgan fingerprint density at radius 3 is 2.41 bits per heavy atom. The number of halogens is 3. The lowest BCUT2D eigenvalue weighted by atomic mass is 10.1. The van der Waals surface area contributed by atoms with E-state index in [2.05, 4.69) is 0 Å². The number of carboxylic acids is 1. The van der Waals surface area contributed by atoms with Gasteiger partial charge >= 0.3 is 5.97 Å². The minimum absolute atomic E-state index is 0.148. The summed E-state index contributed by atoms with van der Waals surface area (Å²) in [6.07, 6.45) is 0. The fraction of sp³-hybridized carbons (Fsp3) is 0.133. The molecule has 7 heteroatoms. The van der Waals surface area contributed by atoms with Crippen LogP contribution in [0.3, 0.4) is 0 Å². The molecule has 2 aromatic rings. The molecule has 0 aliphatic carbocycles. The maximum absolute atomic E-state index is 12.3. The highest BCUT2D eigenvalue weighted by Crippen LogP contribution is 2.32. The lowest BCUT2D eigenvalue weighted by Crippen LogP contribution is -2.03. The van der Waals surface area contributed by atoms with E-state index in [1.807, 2.05) is 0 Å². The van der Waals surface area contributed by atoms with Gasteiger partial charge in [0.1, 0.15) is 0 Å². The molecule has 0 saturated carbocycles. The second kappa shape index (κ2) is 7.47. The molecule has 0 aliphatic heterocycles. The number of hydrogen-bond donors (Lipinski definition) is 1. The molecule has 0 heterocycles. The predicted octanol–water partition coefficient (Wildman–Crippen LogP) is 4.79. The zero-order chi connectivity index (χ0) is 16.3. The Morgan fingerprint density at radius 2 is 1.73 bits per heavy atom. The first kappa shape index (κ1) is 17.3. The Kier molecular flexibility index (Phi) is 5.87. The molecule has 0 aliphatic rings. The van der Waals surface area contributed by atoms with Crippen molar-refractivity contribution in [3.8, 4) is 0 Å². The maximum Gasteiger partial charge on any atom is 0.335 e. The summed E-state index contributed by atoms with van der Waals surface area (Å²) in [5, 5.41) is 10.0. The van der Waals surface area contributed by atoms with Crippen LogP contribution in [0.1, 0.15) is 21.5 Å². The molecule has 3 nitrogen and oxygen atoms in total. The van der Waals surface area contributed by atoms with Crippen molar-refractivity contribution in [3.05, 3.63) is 68.2 Å².